The van der Waals surface area contributed by atoms with Crippen molar-refractivity contribution in [3.63, 3.8) is 0 Å². The highest BCUT2D eigenvalue weighted by Crippen LogP contribution is 2.50. The number of rotatable bonds is 5. The zero-order valence-electron chi connectivity index (χ0n) is 21.5. The lowest BCUT2D eigenvalue weighted by Gasteiger charge is -2.34. The third kappa shape index (κ3) is 4.29. The van der Waals surface area contributed by atoms with Crippen molar-refractivity contribution in [2.75, 3.05) is 13.7 Å². The van der Waals surface area contributed by atoms with Crippen LogP contribution in [-0.2, 0) is 14.3 Å². The van der Waals surface area contributed by atoms with Gasteiger partial charge in [0.05, 0.1) is 31.7 Å². The Labute approximate surface area is 217 Å². The molecule has 7 nitrogen and oxygen atoms in total. The number of carbonyl (C=O) groups excluding carboxylic acids is 3. The number of nitrogens with zero attached hydrogens (tertiary/aromatic N) is 2. The van der Waals surface area contributed by atoms with E-state index in [9.17, 15) is 14.4 Å². The number of hydrogen-bond donors (Lipinski definition) is 1. The van der Waals surface area contributed by atoms with E-state index in [2.05, 4.69) is 17.4 Å². The van der Waals surface area contributed by atoms with Crippen LogP contribution in [0.5, 0.6) is 0 Å². The number of ether oxygens (including phenoxy) is 1. The van der Waals surface area contributed by atoms with Crippen LogP contribution in [0.2, 0.25) is 0 Å². The lowest BCUT2D eigenvalue weighted by Crippen LogP contribution is -2.45. The lowest BCUT2D eigenvalue weighted by atomic mass is 9.85. The van der Waals surface area contributed by atoms with E-state index in [0.29, 0.717) is 5.56 Å². The zero-order valence-corrected chi connectivity index (χ0v) is 21.5. The number of aryl methyl sites for hydroxylation is 3. The normalized spacial score (nSPS) is 23.1. The Kier molecular flexibility index (Phi) is 6.56. The van der Waals surface area contributed by atoms with E-state index in [1.807, 2.05) is 62.2 Å². The van der Waals surface area contributed by atoms with Gasteiger partial charge in [0.2, 0.25) is 0 Å². The van der Waals surface area contributed by atoms with Crippen LogP contribution in [0, 0.1) is 26.7 Å². The van der Waals surface area contributed by atoms with Crippen molar-refractivity contribution in [3.8, 4) is 0 Å². The first-order valence-electron chi connectivity index (χ1n) is 12.5. The first-order chi connectivity index (χ1) is 17.8. The van der Waals surface area contributed by atoms with E-state index in [4.69, 9.17) is 4.74 Å². The number of methoxy groups -OCH3 is 1. The van der Waals surface area contributed by atoms with E-state index in [-0.39, 0.29) is 24.3 Å². The smallest absolute Gasteiger partial charge is 0.312 e. The molecule has 0 radical (unpaired) electrons. The average molecular weight is 498 g/mol. The van der Waals surface area contributed by atoms with Gasteiger partial charge in [-0.2, -0.15) is 0 Å². The van der Waals surface area contributed by atoms with E-state index in [1.54, 1.807) is 29.3 Å². The van der Waals surface area contributed by atoms with Crippen molar-refractivity contribution in [2.45, 2.75) is 38.9 Å². The van der Waals surface area contributed by atoms with E-state index < -0.39 is 24.0 Å². The number of esters is 1. The Morgan fingerprint density at radius 1 is 0.892 bits per heavy atom. The van der Waals surface area contributed by atoms with Gasteiger partial charge in [-0.3, -0.25) is 19.4 Å². The van der Waals surface area contributed by atoms with Gasteiger partial charge in [-0.15, -0.1) is 0 Å². The highest BCUT2D eigenvalue weighted by atomic mass is 16.5. The molecule has 2 fully saturated rings. The first kappa shape index (κ1) is 24.7. The maximum atomic E-state index is 13.9. The number of hydrazine groups is 1. The summed E-state index contributed by atoms with van der Waals surface area (Å²) in [6, 6.07) is 21.0. The molecular formula is C30H31N3O4. The molecule has 7 heteroatoms. The lowest BCUT2D eigenvalue weighted by molar-refractivity contribution is -0.146. The summed E-state index contributed by atoms with van der Waals surface area (Å²) in [6.07, 6.45) is 0. The maximum Gasteiger partial charge on any atom is 0.312 e. The molecule has 0 aliphatic carbocycles. The molecule has 3 aromatic rings. The number of amides is 2. The molecule has 0 saturated carbocycles. The van der Waals surface area contributed by atoms with Crippen LogP contribution in [-0.4, -0.2) is 47.5 Å². The maximum absolute atomic E-state index is 13.9. The van der Waals surface area contributed by atoms with Gasteiger partial charge < -0.3 is 10.1 Å². The number of carbonyl (C=O) groups is 3. The molecule has 4 atom stereocenters. The fraction of sp³-hybridized carbons (Fsp3) is 0.300. The topological polar surface area (TPSA) is 79.0 Å². The van der Waals surface area contributed by atoms with Crippen molar-refractivity contribution >= 4 is 17.8 Å². The fourth-order valence-electron chi connectivity index (χ4n) is 5.99. The molecule has 0 spiro atoms. The van der Waals surface area contributed by atoms with Gasteiger partial charge in [-0.1, -0.05) is 66.2 Å². The van der Waals surface area contributed by atoms with Crippen LogP contribution in [0.15, 0.2) is 72.8 Å². The standard InChI is InChI=1S/C30H31N3O4/c1-18-15-19(2)24(20(3)16-18)27-23(30(36)37-4)17-32-29(35)25(31-28(34)22-13-9-6-10-14-22)26(33(27)32)21-11-7-5-8-12-21/h5-16,23,25-27H,17H2,1-4H3,(H,31,34)/t23-,25-,26-,27+/m1/s1. The van der Waals surface area contributed by atoms with Gasteiger partial charge in [0.25, 0.3) is 11.8 Å². The molecule has 190 valence electrons. The van der Waals surface area contributed by atoms with Gasteiger partial charge in [0.15, 0.2) is 0 Å². The summed E-state index contributed by atoms with van der Waals surface area (Å²) >= 11 is 0. The predicted molar refractivity (Wildman–Crippen MR) is 139 cm³/mol. The molecule has 37 heavy (non-hydrogen) atoms. The van der Waals surface area contributed by atoms with Crippen LogP contribution in [0.1, 0.15) is 50.3 Å². The summed E-state index contributed by atoms with van der Waals surface area (Å²) < 4.78 is 5.21. The highest BCUT2D eigenvalue weighted by molar-refractivity contribution is 5.98. The van der Waals surface area contributed by atoms with Crippen LogP contribution < -0.4 is 5.32 Å². The van der Waals surface area contributed by atoms with E-state index in [1.165, 1.54) is 7.11 Å². The highest BCUT2D eigenvalue weighted by Gasteiger charge is 2.59. The van der Waals surface area contributed by atoms with Gasteiger partial charge in [0, 0.05) is 5.56 Å². The Morgan fingerprint density at radius 2 is 1.49 bits per heavy atom. The molecule has 3 aromatic carbocycles. The van der Waals surface area contributed by atoms with Crippen molar-refractivity contribution < 1.29 is 19.1 Å². The fourth-order valence-corrected chi connectivity index (χ4v) is 5.99. The van der Waals surface area contributed by atoms with Crippen LogP contribution in [0.25, 0.3) is 0 Å². The molecule has 0 bridgehead atoms. The SMILES string of the molecule is COC(=O)[C@@H]1CN2C(=O)[C@H](NC(=O)c3ccccc3)[C@@H](c3ccccc3)N2[C@@H]1c1c(C)cc(C)cc1C. The van der Waals surface area contributed by atoms with Crippen LogP contribution in [0.3, 0.4) is 0 Å². The zero-order chi connectivity index (χ0) is 26.3. The van der Waals surface area contributed by atoms with Gasteiger partial charge in [0.1, 0.15) is 6.04 Å². The molecule has 2 aliphatic rings. The van der Waals surface area contributed by atoms with E-state index in [0.717, 1.165) is 27.8 Å². The molecule has 2 amide bonds. The quantitative estimate of drug-likeness (QED) is 0.538. The van der Waals surface area contributed by atoms with E-state index >= 15 is 0 Å². The van der Waals surface area contributed by atoms with Crippen molar-refractivity contribution in [1.82, 2.24) is 15.3 Å². The molecule has 2 aliphatic heterocycles. The summed E-state index contributed by atoms with van der Waals surface area (Å²) in [7, 11) is 1.38. The second-order valence-corrected chi connectivity index (χ2v) is 9.86. The van der Waals surface area contributed by atoms with Crippen LogP contribution in [0.4, 0.5) is 0 Å². The first-order valence-corrected chi connectivity index (χ1v) is 12.5. The molecular weight excluding hydrogens is 466 g/mol. The minimum absolute atomic E-state index is 0.184. The predicted octanol–water partition coefficient (Wildman–Crippen LogP) is 4.05. The molecule has 2 heterocycles. The summed E-state index contributed by atoms with van der Waals surface area (Å²) in [6.45, 7) is 6.31. The second kappa shape index (κ2) is 9.82. The number of nitrogens with one attached hydrogen (secondary N) is 1. The van der Waals surface area contributed by atoms with Crippen molar-refractivity contribution in [3.05, 3.63) is 106 Å². The Balaban J connectivity index is 1.64. The Hall–Kier alpha value is -3.97. The molecule has 0 aromatic heterocycles. The summed E-state index contributed by atoms with van der Waals surface area (Å²) in [5.74, 6) is -1.47. The monoisotopic (exact) mass is 497 g/mol. The largest absolute Gasteiger partial charge is 0.469 e. The number of hydrogen-bond acceptors (Lipinski definition) is 5. The summed E-state index contributed by atoms with van der Waals surface area (Å²) in [5, 5.41) is 6.64. The number of benzene rings is 3. The van der Waals surface area contributed by atoms with Crippen LogP contribution >= 0.6 is 0 Å². The minimum atomic E-state index is -0.817. The minimum Gasteiger partial charge on any atom is -0.469 e. The van der Waals surface area contributed by atoms with Gasteiger partial charge >= 0.3 is 5.97 Å². The molecule has 0 unspecified atom stereocenters. The Morgan fingerprint density at radius 3 is 2.08 bits per heavy atom. The summed E-state index contributed by atoms with van der Waals surface area (Å²) in [5.41, 5.74) is 5.61. The third-order valence-corrected chi connectivity index (χ3v) is 7.44. The molecule has 5 rings (SSSR count). The van der Waals surface area contributed by atoms with Crippen molar-refractivity contribution in [2.24, 2.45) is 5.92 Å². The Bertz CT molecular complexity index is 1320. The number of fused-ring (bicyclic) bond motifs is 1. The average Bonchev–Trinajstić information content (AvgIpc) is 3.39. The molecule has 2 saturated heterocycles. The second-order valence-electron chi connectivity index (χ2n) is 9.86. The van der Waals surface area contributed by atoms with Gasteiger partial charge in [-0.25, -0.2) is 5.01 Å². The summed E-state index contributed by atoms with van der Waals surface area (Å²) in [4.78, 5) is 40.2. The third-order valence-electron chi connectivity index (χ3n) is 7.44. The van der Waals surface area contributed by atoms with Gasteiger partial charge in [-0.05, 0) is 55.2 Å². The molecule has 1 N–H and O–H groups in total. The van der Waals surface area contributed by atoms with Crippen molar-refractivity contribution in [1.29, 1.82) is 0 Å².